The highest BCUT2D eigenvalue weighted by atomic mass is 19.1. The number of amides is 1. The van der Waals surface area contributed by atoms with Gasteiger partial charge in [0.15, 0.2) is 6.61 Å². The lowest BCUT2D eigenvalue weighted by Gasteiger charge is -2.16. The molecule has 0 unspecified atom stereocenters. The molecule has 4 nitrogen and oxygen atoms in total. The van der Waals surface area contributed by atoms with Crippen LogP contribution in [-0.4, -0.2) is 25.5 Å². The Balaban J connectivity index is 1.84. The second kappa shape index (κ2) is 7.89. The third-order valence-electron chi connectivity index (χ3n) is 3.14. The number of carbonyl (C=O) groups is 2. The predicted octanol–water partition coefficient (Wildman–Crippen LogP) is 3.05. The van der Waals surface area contributed by atoms with Crippen molar-refractivity contribution in [3.63, 3.8) is 0 Å². The van der Waals surface area contributed by atoms with Crippen molar-refractivity contribution in [1.29, 1.82) is 0 Å². The zero-order chi connectivity index (χ0) is 16.7. The molecule has 2 rings (SSSR count). The minimum atomic E-state index is -0.635. The van der Waals surface area contributed by atoms with Crippen LogP contribution in [0.25, 0.3) is 6.08 Å². The van der Waals surface area contributed by atoms with Gasteiger partial charge in [0.05, 0.1) is 0 Å². The minimum absolute atomic E-state index is 0.334. The van der Waals surface area contributed by atoms with Crippen LogP contribution in [0.5, 0.6) is 0 Å². The number of hydrogen-bond acceptors (Lipinski definition) is 3. The Morgan fingerprint density at radius 2 is 1.74 bits per heavy atom. The molecule has 23 heavy (non-hydrogen) atoms. The van der Waals surface area contributed by atoms with Crippen LogP contribution in [0, 0.1) is 5.82 Å². The van der Waals surface area contributed by atoms with Crippen molar-refractivity contribution >= 4 is 23.6 Å². The molecule has 0 radical (unpaired) electrons. The van der Waals surface area contributed by atoms with E-state index in [0.29, 0.717) is 5.56 Å². The number of anilines is 1. The largest absolute Gasteiger partial charge is 0.452 e. The number of likely N-dealkylation sites (N-methyl/N-ethyl adjacent to an activating group) is 1. The Morgan fingerprint density at radius 1 is 1.09 bits per heavy atom. The summed E-state index contributed by atoms with van der Waals surface area (Å²) in [6.07, 6.45) is 2.69. The molecule has 0 bridgehead atoms. The number of halogens is 1. The molecule has 0 saturated heterocycles. The molecule has 2 aromatic carbocycles. The fourth-order valence-electron chi connectivity index (χ4n) is 1.81. The Morgan fingerprint density at radius 3 is 2.39 bits per heavy atom. The summed E-state index contributed by atoms with van der Waals surface area (Å²) < 4.78 is 17.7. The number of rotatable bonds is 5. The van der Waals surface area contributed by atoms with Crippen LogP contribution in [0.15, 0.2) is 60.7 Å². The maximum Gasteiger partial charge on any atom is 0.331 e. The van der Waals surface area contributed by atoms with E-state index in [0.717, 1.165) is 5.69 Å². The van der Waals surface area contributed by atoms with E-state index in [1.807, 2.05) is 18.2 Å². The molecule has 0 atom stereocenters. The first-order valence-corrected chi connectivity index (χ1v) is 6.98. The first-order valence-electron chi connectivity index (χ1n) is 6.98. The summed E-state index contributed by atoms with van der Waals surface area (Å²) in [5, 5.41) is 0. The molecule has 0 aliphatic rings. The van der Waals surface area contributed by atoms with Crippen molar-refractivity contribution in [3.05, 3.63) is 72.1 Å². The zero-order valence-electron chi connectivity index (χ0n) is 12.6. The van der Waals surface area contributed by atoms with Crippen LogP contribution in [0.4, 0.5) is 10.1 Å². The van der Waals surface area contributed by atoms with Gasteiger partial charge in [0.25, 0.3) is 5.91 Å². The van der Waals surface area contributed by atoms with Gasteiger partial charge in [-0.3, -0.25) is 4.79 Å². The molecule has 118 valence electrons. The van der Waals surface area contributed by atoms with Crippen molar-refractivity contribution in [2.45, 2.75) is 0 Å². The highest BCUT2D eigenvalue weighted by molar-refractivity contribution is 5.96. The highest BCUT2D eigenvalue weighted by Crippen LogP contribution is 2.11. The summed E-state index contributed by atoms with van der Waals surface area (Å²) in [5.41, 5.74) is 1.38. The fraction of sp³-hybridized carbons (Fsp3) is 0.111. The summed E-state index contributed by atoms with van der Waals surface area (Å²) in [5.74, 6) is -1.32. The summed E-state index contributed by atoms with van der Waals surface area (Å²) in [7, 11) is 1.61. The molecule has 0 aromatic heterocycles. The van der Waals surface area contributed by atoms with E-state index < -0.39 is 5.97 Å². The standard InChI is InChI=1S/C18H16FNO3/c1-20(16-5-3-2-4-6-16)17(21)13-23-18(22)12-9-14-7-10-15(19)11-8-14/h2-12H,13H2,1H3/b12-9+. The van der Waals surface area contributed by atoms with Gasteiger partial charge in [-0.2, -0.15) is 0 Å². The van der Waals surface area contributed by atoms with E-state index in [2.05, 4.69) is 0 Å². The number of ether oxygens (including phenoxy) is 1. The first kappa shape index (κ1) is 16.4. The average Bonchev–Trinajstić information content (AvgIpc) is 2.59. The van der Waals surface area contributed by atoms with E-state index in [-0.39, 0.29) is 18.3 Å². The lowest BCUT2D eigenvalue weighted by molar-refractivity contribution is -0.142. The second-order valence-corrected chi connectivity index (χ2v) is 4.78. The van der Waals surface area contributed by atoms with Gasteiger partial charge in [0, 0.05) is 18.8 Å². The minimum Gasteiger partial charge on any atom is -0.452 e. The van der Waals surface area contributed by atoms with Crippen molar-refractivity contribution in [3.8, 4) is 0 Å². The Bertz CT molecular complexity index is 696. The van der Waals surface area contributed by atoms with E-state index in [4.69, 9.17) is 4.74 Å². The Kier molecular flexibility index (Phi) is 5.63. The smallest absolute Gasteiger partial charge is 0.331 e. The number of carbonyl (C=O) groups excluding carboxylic acids is 2. The van der Waals surface area contributed by atoms with Crippen molar-refractivity contribution in [1.82, 2.24) is 0 Å². The van der Waals surface area contributed by atoms with Gasteiger partial charge in [-0.1, -0.05) is 30.3 Å². The van der Waals surface area contributed by atoms with Crippen LogP contribution in [0.1, 0.15) is 5.56 Å². The molecule has 0 heterocycles. The third-order valence-corrected chi connectivity index (χ3v) is 3.14. The van der Waals surface area contributed by atoms with E-state index in [9.17, 15) is 14.0 Å². The maximum atomic E-state index is 12.8. The van der Waals surface area contributed by atoms with Crippen LogP contribution < -0.4 is 4.90 Å². The molecule has 2 aromatic rings. The predicted molar refractivity (Wildman–Crippen MR) is 86.2 cm³/mol. The van der Waals surface area contributed by atoms with Gasteiger partial charge in [0.1, 0.15) is 5.82 Å². The van der Waals surface area contributed by atoms with Crippen molar-refractivity contribution < 1.29 is 18.7 Å². The van der Waals surface area contributed by atoms with E-state index >= 15 is 0 Å². The molecule has 0 N–H and O–H groups in total. The van der Waals surface area contributed by atoms with Crippen LogP contribution in [0.2, 0.25) is 0 Å². The van der Waals surface area contributed by atoms with Crippen LogP contribution in [-0.2, 0) is 14.3 Å². The summed E-state index contributed by atoms with van der Waals surface area (Å²) in [6.45, 7) is -0.349. The molecule has 5 heteroatoms. The lowest BCUT2D eigenvalue weighted by atomic mass is 10.2. The van der Waals surface area contributed by atoms with E-state index in [1.54, 1.807) is 19.2 Å². The molecular formula is C18H16FNO3. The molecule has 1 amide bonds. The summed E-state index contributed by atoms with van der Waals surface area (Å²) in [6, 6.07) is 14.7. The number of para-hydroxylation sites is 1. The molecule has 0 fully saturated rings. The van der Waals surface area contributed by atoms with Gasteiger partial charge >= 0.3 is 5.97 Å². The number of benzene rings is 2. The highest BCUT2D eigenvalue weighted by Gasteiger charge is 2.12. The topological polar surface area (TPSA) is 46.6 Å². The SMILES string of the molecule is CN(C(=O)COC(=O)/C=C/c1ccc(F)cc1)c1ccccc1. The third kappa shape index (κ3) is 5.07. The monoisotopic (exact) mass is 313 g/mol. The van der Waals surface area contributed by atoms with Gasteiger partial charge in [0.2, 0.25) is 0 Å². The number of nitrogens with zero attached hydrogens (tertiary/aromatic N) is 1. The molecule has 0 saturated carbocycles. The first-order chi connectivity index (χ1) is 11.1. The van der Waals surface area contributed by atoms with Crippen molar-refractivity contribution in [2.24, 2.45) is 0 Å². The van der Waals surface area contributed by atoms with Crippen LogP contribution in [0.3, 0.4) is 0 Å². The van der Waals surface area contributed by atoms with Crippen LogP contribution >= 0.6 is 0 Å². The van der Waals surface area contributed by atoms with Gasteiger partial charge in [-0.15, -0.1) is 0 Å². The Hall–Kier alpha value is -2.95. The molecular weight excluding hydrogens is 297 g/mol. The molecule has 0 spiro atoms. The second-order valence-electron chi connectivity index (χ2n) is 4.78. The number of hydrogen-bond donors (Lipinski definition) is 0. The van der Waals surface area contributed by atoms with E-state index in [1.165, 1.54) is 41.3 Å². The van der Waals surface area contributed by atoms with Gasteiger partial charge in [-0.25, -0.2) is 9.18 Å². The molecule has 0 aliphatic carbocycles. The van der Waals surface area contributed by atoms with Gasteiger partial charge in [-0.05, 0) is 35.9 Å². The maximum absolute atomic E-state index is 12.8. The summed E-state index contributed by atoms with van der Waals surface area (Å²) in [4.78, 5) is 24.9. The summed E-state index contributed by atoms with van der Waals surface area (Å²) >= 11 is 0. The Labute approximate surface area is 133 Å². The zero-order valence-corrected chi connectivity index (χ0v) is 12.6. The molecule has 0 aliphatic heterocycles. The fourth-order valence-corrected chi connectivity index (χ4v) is 1.81. The van der Waals surface area contributed by atoms with Gasteiger partial charge < -0.3 is 9.64 Å². The quantitative estimate of drug-likeness (QED) is 0.629. The number of esters is 1. The lowest BCUT2D eigenvalue weighted by Crippen LogP contribution is -2.30. The normalized spacial score (nSPS) is 10.5. The van der Waals surface area contributed by atoms with Crippen molar-refractivity contribution in [2.75, 3.05) is 18.6 Å². The average molecular weight is 313 g/mol.